The van der Waals surface area contributed by atoms with E-state index in [4.69, 9.17) is 5.11 Å². The lowest BCUT2D eigenvalue weighted by atomic mass is 10.1. The lowest BCUT2D eigenvalue weighted by molar-refractivity contribution is 0.0602. The van der Waals surface area contributed by atoms with Crippen molar-refractivity contribution in [3.05, 3.63) is 29.3 Å². The summed E-state index contributed by atoms with van der Waals surface area (Å²) in [7, 11) is 2.89. The number of carboxylic acid groups (broad SMARTS) is 1. The van der Waals surface area contributed by atoms with Crippen molar-refractivity contribution in [2.45, 2.75) is 0 Å². The molecule has 0 aliphatic heterocycles. The van der Waals surface area contributed by atoms with Gasteiger partial charge in [0.1, 0.15) is 0 Å². The number of rotatable bonds is 3. The first-order valence-electron chi connectivity index (χ1n) is 4.23. The molecule has 0 heterocycles. The van der Waals surface area contributed by atoms with Crippen LogP contribution >= 0.6 is 0 Å². The molecular formula is C10H11NO4. The topological polar surface area (TPSA) is 75.6 Å². The molecule has 0 saturated carbocycles. The Bertz CT molecular complexity index is 400. The molecule has 0 radical (unpaired) electrons. The van der Waals surface area contributed by atoms with Crippen LogP contribution in [-0.2, 0) is 4.74 Å². The van der Waals surface area contributed by atoms with Gasteiger partial charge in [-0.1, -0.05) is 0 Å². The first-order chi connectivity index (χ1) is 7.10. The molecule has 0 spiro atoms. The van der Waals surface area contributed by atoms with Crippen molar-refractivity contribution in [3.63, 3.8) is 0 Å². The average molecular weight is 209 g/mol. The van der Waals surface area contributed by atoms with Crippen molar-refractivity contribution >= 4 is 17.6 Å². The van der Waals surface area contributed by atoms with Crippen molar-refractivity contribution in [2.75, 3.05) is 19.5 Å². The fourth-order valence-corrected chi connectivity index (χ4v) is 1.17. The fraction of sp³-hybridized carbons (Fsp3) is 0.200. The maximum Gasteiger partial charge on any atom is 0.339 e. The van der Waals surface area contributed by atoms with Gasteiger partial charge in [0.15, 0.2) is 0 Å². The summed E-state index contributed by atoms with van der Waals surface area (Å²) in [5.41, 5.74) is 0.793. The Morgan fingerprint density at radius 2 is 2.07 bits per heavy atom. The number of nitrogens with one attached hydrogen (secondary N) is 1. The molecule has 1 rings (SSSR count). The van der Waals surface area contributed by atoms with Crippen LogP contribution in [0.25, 0.3) is 0 Å². The van der Waals surface area contributed by atoms with Crippen LogP contribution in [0, 0.1) is 0 Å². The Hall–Kier alpha value is -2.04. The zero-order valence-corrected chi connectivity index (χ0v) is 8.40. The highest BCUT2D eigenvalue weighted by Gasteiger charge is 2.14. The normalized spacial score (nSPS) is 9.47. The van der Waals surface area contributed by atoms with E-state index in [2.05, 4.69) is 10.1 Å². The van der Waals surface area contributed by atoms with Crippen LogP contribution in [0.15, 0.2) is 18.2 Å². The molecule has 1 aromatic rings. The molecule has 0 aromatic heterocycles. The molecule has 5 heteroatoms. The highest BCUT2D eigenvalue weighted by atomic mass is 16.5. The van der Waals surface area contributed by atoms with Gasteiger partial charge in [-0.3, -0.25) is 0 Å². The summed E-state index contributed by atoms with van der Waals surface area (Å²) in [6, 6.07) is 4.22. The van der Waals surface area contributed by atoms with E-state index in [1.165, 1.54) is 25.3 Å². The molecule has 2 N–H and O–H groups in total. The fourth-order valence-electron chi connectivity index (χ4n) is 1.17. The standard InChI is InChI=1S/C10H11NO4/c1-11-8-4-3-6(9(12)13)5-7(8)10(14)15-2/h3-5,11H,1-2H3,(H,12,13). The van der Waals surface area contributed by atoms with Gasteiger partial charge in [-0.15, -0.1) is 0 Å². The smallest absolute Gasteiger partial charge is 0.339 e. The van der Waals surface area contributed by atoms with Crippen LogP contribution in [0.5, 0.6) is 0 Å². The van der Waals surface area contributed by atoms with Gasteiger partial charge in [0.25, 0.3) is 0 Å². The lowest BCUT2D eigenvalue weighted by Crippen LogP contribution is -2.08. The number of methoxy groups -OCH3 is 1. The van der Waals surface area contributed by atoms with E-state index in [1.807, 2.05) is 0 Å². The first kappa shape index (κ1) is 11.0. The van der Waals surface area contributed by atoms with E-state index in [0.717, 1.165) is 0 Å². The van der Waals surface area contributed by atoms with E-state index in [9.17, 15) is 9.59 Å². The molecule has 0 fully saturated rings. The lowest BCUT2D eigenvalue weighted by Gasteiger charge is -2.07. The van der Waals surface area contributed by atoms with Crippen molar-refractivity contribution in [1.29, 1.82) is 0 Å². The number of esters is 1. The predicted molar refractivity (Wildman–Crippen MR) is 54.3 cm³/mol. The molecule has 0 atom stereocenters. The third kappa shape index (κ3) is 2.25. The second kappa shape index (κ2) is 4.45. The van der Waals surface area contributed by atoms with Crippen LogP contribution in [0.1, 0.15) is 20.7 Å². The highest BCUT2D eigenvalue weighted by molar-refractivity contribution is 5.99. The summed E-state index contributed by atoms with van der Waals surface area (Å²) in [6.07, 6.45) is 0. The van der Waals surface area contributed by atoms with E-state index >= 15 is 0 Å². The number of carbonyl (C=O) groups is 2. The van der Waals surface area contributed by atoms with Gasteiger partial charge in [-0.2, -0.15) is 0 Å². The average Bonchev–Trinajstić information content (AvgIpc) is 2.27. The second-order valence-corrected chi connectivity index (χ2v) is 2.81. The molecular weight excluding hydrogens is 198 g/mol. The Morgan fingerprint density at radius 3 is 2.53 bits per heavy atom. The molecule has 0 unspecified atom stereocenters. The van der Waals surface area contributed by atoms with Crippen LogP contribution in [-0.4, -0.2) is 31.2 Å². The Labute approximate surface area is 86.7 Å². The number of carbonyl (C=O) groups excluding carboxylic acids is 1. The van der Waals surface area contributed by atoms with E-state index in [-0.39, 0.29) is 11.1 Å². The number of anilines is 1. The number of carboxylic acids is 1. The van der Waals surface area contributed by atoms with Crippen molar-refractivity contribution in [1.82, 2.24) is 0 Å². The van der Waals surface area contributed by atoms with Gasteiger partial charge in [-0.25, -0.2) is 9.59 Å². The Kier molecular flexibility index (Phi) is 3.28. The van der Waals surface area contributed by atoms with E-state index in [0.29, 0.717) is 5.69 Å². The summed E-state index contributed by atoms with van der Waals surface area (Å²) >= 11 is 0. The maximum atomic E-state index is 11.3. The number of aromatic carboxylic acids is 1. The molecule has 0 aliphatic carbocycles. The summed E-state index contributed by atoms with van der Waals surface area (Å²) < 4.78 is 4.54. The monoisotopic (exact) mass is 209 g/mol. The molecule has 0 amide bonds. The molecule has 1 aromatic carbocycles. The summed E-state index contributed by atoms with van der Waals surface area (Å²) in [6.45, 7) is 0. The molecule has 15 heavy (non-hydrogen) atoms. The van der Waals surface area contributed by atoms with Crippen molar-refractivity contribution in [2.24, 2.45) is 0 Å². The van der Waals surface area contributed by atoms with E-state index < -0.39 is 11.9 Å². The van der Waals surface area contributed by atoms with Gasteiger partial charge < -0.3 is 15.2 Å². The largest absolute Gasteiger partial charge is 0.478 e. The van der Waals surface area contributed by atoms with Gasteiger partial charge in [0, 0.05) is 12.7 Å². The van der Waals surface area contributed by atoms with Crippen LogP contribution in [0.2, 0.25) is 0 Å². The Balaban J connectivity index is 3.25. The molecule has 0 saturated heterocycles. The second-order valence-electron chi connectivity index (χ2n) is 2.81. The third-order valence-electron chi connectivity index (χ3n) is 1.94. The number of ether oxygens (including phenoxy) is 1. The van der Waals surface area contributed by atoms with Crippen LogP contribution in [0.4, 0.5) is 5.69 Å². The molecule has 0 aliphatic rings. The SMILES string of the molecule is CNc1ccc(C(=O)O)cc1C(=O)OC. The number of benzene rings is 1. The number of hydrogen-bond donors (Lipinski definition) is 2. The molecule has 5 nitrogen and oxygen atoms in total. The molecule has 80 valence electrons. The van der Waals surface area contributed by atoms with Gasteiger partial charge in [0.2, 0.25) is 0 Å². The van der Waals surface area contributed by atoms with Crippen LogP contribution < -0.4 is 5.32 Å². The summed E-state index contributed by atoms with van der Waals surface area (Å²) in [4.78, 5) is 22.0. The zero-order valence-electron chi connectivity index (χ0n) is 8.40. The van der Waals surface area contributed by atoms with Crippen molar-refractivity contribution in [3.8, 4) is 0 Å². The van der Waals surface area contributed by atoms with Gasteiger partial charge in [-0.05, 0) is 18.2 Å². The van der Waals surface area contributed by atoms with E-state index in [1.54, 1.807) is 7.05 Å². The number of hydrogen-bond acceptors (Lipinski definition) is 4. The highest BCUT2D eigenvalue weighted by Crippen LogP contribution is 2.18. The summed E-state index contributed by atoms with van der Waals surface area (Å²) in [5.74, 6) is -1.65. The Morgan fingerprint density at radius 1 is 1.40 bits per heavy atom. The van der Waals surface area contributed by atoms with Crippen LogP contribution in [0.3, 0.4) is 0 Å². The third-order valence-corrected chi connectivity index (χ3v) is 1.94. The van der Waals surface area contributed by atoms with Gasteiger partial charge >= 0.3 is 11.9 Å². The summed E-state index contributed by atoms with van der Waals surface area (Å²) in [5, 5.41) is 11.5. The minimum absolute atomic E-state index is 0.0504. The van der Waals surface area contributed by atoms with Crippen molar-refractivity contribution < 1.29 is 19.4 Å². The zero-order chi connectivity index (χ0) is 11.4. The minimum Gasteiger partial charge on any atom is -0.478 e. The molecule has 0 bridgehead atoms. The first-order valence-corrected chi connectivity index (χ1v) is 4.23. The predicted octanol–water partition coefficient (Wildman–Crippen LogP) is 1.21. The quantitative estimate of drug-likeness (QED) is 0.732. The van der Waals surface area contributed by atoms with Gasteiger partial charge in [0.05, 0.1) is 18.2 Å². The maximum absolute atomic E-state index is 11.3. The minimum atomic E-state index is -1.08.